The summed E-state index contributed by atoms with van der Waals surface area (Å²) < 4.78 is 31.2. The minimum atomic E-state index is -0.731. The summed E-state index contributed by atoms with van der Waals surface area (Å²) in [5.74, 6) is -1.72. The fraction of sp³-hybridized carbons (Fsp3) is 0.429. The maximum Gasteiger partial charge on any atom is 0.408 e. The SMILES string of the molecule is CC(C)(C)OC(=O)NCC(=O)Cc1cc(F)ccc1F. The summed E-state index contributed by atoms with van der Waals surface area (Å²) in [7, 11) is 0. The second-order valence-corrected chi connectivity index (χ2v) is 5.31. The van der Waals surface area contributed by atoms with E-state index in [2.05, 4.69) is 5.32 Å². The summed E-state index contributed by atoms with van der Waals surface area (Å²) >= 11 is 0. The zero-order valence-corrected chi connectivity index (χ0v) is 11.6. The Morgan fingerprint density at radius 2 is 1.90 bits per heavy atom. The van der Waals surface area contributed by atoms with Crippen LogP contribution in [0.5, 0.6) is 0 Å². The van der Waals surface area contributed by atoms with E-state index in [0.29, 0.717) is 0 Å². The number of ether oxygens (including phenoxy) is 1. The summed E-state index contributed by atoms with van der Waals surface area (Å²) in [6.07, 6.45) is -1.02. The number of carbonyl (C=O) groups is 2. The van der Waals surface area contributed by atoms with Gasteiger partial charge in [0.2, 0.25) is 0 Å². The van der Waals surface area contributed by atoms with E-state index in [9.17, 15) is 18.4 Å². The molecule has 1 amide bonds. The summed E-state index contributed by atoms with van der Waals surface area (Å²) in [6, 6.07) is 2.89. The Morgan fingerprint density at radius 1 is 1.25 bits per heavy atom. The topological polar surface area (TPSA) is 55.4 Å². The molecule has 0 aromatic heterocycles. The number of hydrogen-bond acceptors (Lipinski definition) is 3. The Kier molecular flexibility index (Phi) is 5.19. The standard InChI is InChI=1S/C14H17F2NO3/c1-14(2,3)20-13(19)17-8-11(18)7-9-6-10(15)4-5-12(9)16/h4-6H,7-8H2,1-3H3,(H,17,19). The van der Waals surface area contributed by atoms with E-state index in [4.69, 9.17) is 4.74 Å². The van der Waals surface area contributed by atoms with Crippen molar-refractivity contribution in [1.82, 2.24) is 5.32 Å². The number of Topliss-reactive ketones (excluding diaryl/α,β-unsaturated/α-hetero) is 1. The number of benzene rings is 1. The third-order valence-corrected chi connectivity index (χ3v) is 2.22. The zero-order valence-electron chi connectivity index (χ0n) is 11.6. The average Bonchev–Trinajstić information content (AvgIpc) is 2.29. The van der Waals surface area contributed by atoms with Gasteiger partial charge in [-0.1, -0.05) is 0 Å². The van der Waals surface area contributed by atoms with Gasteiger partial charge in [-0.3, -0.25) is 4.79 Å². The van der Waals surface area contributed by atoms with E-state index in [1.54, 1.807) is 20.8 Å². The number of amides is 1. The molecule has 4 nitrogen and oxygen atoms in total. The second kappa shape index (κ2) is 6.45. The van der Waals surface area contributed by atoms with Crippen molar-refractivity contribution in [3.8, 4) is 0 Å². The Morgan fingerprint density at radius 3 is 2.50 bits per heavy atom. The highest BCUT2D eigenvalue weighted by Crippen LogP contribution is 2.10. The summed E-state index contributed by atoms with van der Waals surface area (Å²) in [6.45, 7) is 4.77. The molecule has 0 fully saturated rings. The van der Waals surface area contributed by atoms with Crippen molar-refractivity contribution in [1.29, 1.82) is 0 Å². The summed E-state index contributed by atoms with van der Waals surface area (Å²) in [5, 5.41) is 2.27. The normalized spacial score (nSPS) is 11.1. The van der Waals surface area contributed by atoms with E-state index < -0.39 is 29.1 Å². The molecule has 1 rings (SSSR count). The lowest BCUT2D eigenvalue weighted by Crippen LogP contribution is -2.35. The first-order valence-electron chi connectivity index (χ1n) is 6.10. The van der Waals surface area contributed by atoms with Crippen molar-refractivity contribution in [3.05, 3.63) is 35.4 Å². The summed E-state index contributed by atoms with van der Waals surface area (Å²) in [5.41, 5.74) is -0.706. The van der Waals surface area contributed by atoms with Crippen LogP contribution in [0.3, 0.4) is 0 Å². The van der Waals surface area contributed by atoms with Crippen molar-refractivity contribution in [2.75, 3.05) is 6.54 Å². The molecule has 0 atom stereocenters. The van der Waals surface area contributed by atoms with Gasteiger partial charge in [0.15, 0.2) is 5.78 Å². The Bertz CT molecular complexity index is 510. The first-order valence-corrected chi connectivity index (χ1v) is 6.10. The highest BCUT2D eigenvalue weighted by atomic mass is 19.1. The number of carbonyl (C=O) groups excluding carboxylic acids is 2. The second-order valence-electron chi connectivity index (χ2n) is 5.31. The minimum Gasteiger partial charge on any atom is -0.444 e. The maximum atomic E-state index is 13.3. The lowest BCUT2D eigenvalue weighted by Gasteiger charge is -2.19. The highest BCUT2D eigenvalue weighted by molar-refractivity contribution is 5.85. The molecule has 0 unspecified atom stereocenters. The van der Waals surface area contributed by atoms with Gasteiger partial charge in [-0.25, -0.2) is 13.6 Å². The van der Waals surface area contributed by atoms with Crippen molar-refractivity contribution in [2.24, 2.45) is 0 Å². The smallest absolute Gasteiger partial charge is 0.408 e. The quantitative estimate of drug-likeness (QED) is 0.925. The van der Waals surface area contributed by atoms with Crippen molar-refractivity contribution < 1.29 is 23.1 Å². The van der Waals surface area contributed by atoms with Crippen LogP contribution in [0.1, 0.15) is 26.3 Å². The van der Waals surface area contributed by atoms with Crippen LogP contribution in [0.25, 0.3) is 0 Å². The van der Waals surface area contributed by atoms with E-state index in [-0.39, 0.29) is 18.5 Å². The molecule has 0 radical (unpaired) electrons. The van der Waals surface area contributed by atoms with Gasteiger partial charge in [0, 0.05) is 6.42 Å². The lowest BCUT2D eigenvalue weighted by molar-refractivity contribution is -0.117. The fourth-order valence-electron chi connectivity index (χ4n) is 1.44. The Balaban J connectivity index is 2.48. The van der Waals surface area contributed by atoms with Crippen LogP contribution >= 0.6 is 0 Å². The molecule has 1 aromatic rings. The predicted molar refractivity (Wildman–Crippen MR) is 69.3 cm³/mol. The van der Waals surface area contributed by atoms with Crippen LogP contribution in [0.4, 0.5) is 13.6 Å². The first kappa shape index (κ1) is 16.1. The monoisotopic (exact) mass is 285 g/mol. The number of rotatable bonds is 4. The van der Waals surface area contributed by atoms with Crippen LogP contribution in [-0.2, 0) is 16.0 Å². The minimum absolute atomic E-state index is 0.0408. The molecule has 0 bridgehead atoms. The van der Waals surface area contributed by atoms with Gasteiger partial charge in [-0.2, -0.15) is 0 Å². The van der Waals surface area contributed by atoms with E-state index >= 15 is 0 Å². The Hall–Kier alpha value is -1.98. The van der Waals surface area contributed by atoms with Crippen molar-refractivity contribution in [3.63, 3.8) is 0 Å². The van der Waals surface area contributed by atoms with Crippen molar-refractivity contribution in [2.45, 2.75) is 32.8 Å². The molecule has 20 heavy (non-hydrogen) atoms. The zero-order chi connectivity index (χ0) is 15.3. The molecule has 0 aliphatic heterocycles. The van der Waals surface area contributed by atoms with Gasteiger partial charge >= 0.3 is 6.09 Å². The molecule has 0 spiro atoms. The number of alkyl carbamates (subject to hydrolysis) is 1. The largest absolute Gasteiger partial charge is 0.444 e. The lowest BCUT2D eigenvalue weighted by atomic mass is 10.1. The van der Waals surface area contributed by atoms with Gasteiger partial charge in [0.05, 0.1) is 6.54 Å². The first-order chi connectivity index (χ1) is 9.17. The van der Waals surface area contributed by atoms with Crippen LogP contribution < -0.4 is 5.32 Å². The van der Waals surface area contributed by atoms with Crippen LogP contribution in [0, 0.1) is 11.6 Å². The van der Waals surface area contributed by atoms with E-state index in [1.807, 2.05) is 0 Å². The van der Waals surface area contributed by atoms with Crippen LogP contribution in [-0.4, -0.2) is 24.0 Å². The van der Waals surface area contributed by atoms with Crippen LogP contribution in [0.15, 0.2) is 18.2 Å². The molecule has 0 aliphatic carbocycles. The molecule has 0 heterocycles. The number of halogens is 2. The highest BCUT2D eigenvalue weighted by Gasteiger charge is 2.17. The Labute approximate surface area is 116 Å². The van der Waals surface area contributed by atoms with Gasteiger partial charge in [0.25, 0.3) is 0 Å². The average molecular weight is 285 g/mol. The molecule has 1 aromatic carbocycles. The molecule has 1 N–H and O–H groups in total. The molecule has 0 saturated carbocycles. The van der Waals surface area contributed by atoms with Gasteiger partial charge in [-0.15, -0.1) is 0 Å². The predicted octanol–water partition coefficient (Wildman–Crippen LogP) is 2.60. The molecule has 110 valence electrons. The third-order valence-electron chi connectivity index (χ3n) is 2.22. The van der Waals surface area contributed by atoms with Gasteiger partial charge in [0.1, 0.15) is 17.2 Å². The molecule has 0 saturated heterocycles. The van der Waals surface area contributed by atoms with Gasteiger partial charge in [-0.05, 0) is 44.5 Å². The van der Waals surface area contributed by atoms with E-state index in [1.165, 1.54) is 0 Å². The number of nitrogens with one attached hydrogen (secondary N) is 1. The van der Waals surface area contributed by atoms with Gasteiger partial charge < -0.3 is 10.1 Å². The summed E-state index contributed by atoms with van der Waals surface area (Å²) in [4.78, 5) is 22.9. The fourth-order valence-corrected chi connectivity index (χ4v) is 1.44. The third kappa shape index (κ3) is 5.77. The molecule has 0 aliphatic rings. The number of hydrogen-bond donors (Lipinski definition) is 1. The molecular formula is C14H17F2NO3. The number of ketones is 1. The maximum absolute atomic E-state index is 13.3. The van der Waals surface area contributed by atoms with Crippen LogP contribution in [0.2, 0.25) is 0 Å². The molecule has 6 heteroatoms. The van der Waals surface area contributed by atoms with Crippen molar-refractivity contribution >= 4 is 11.9 Å². The van der Waals surface area contributed by atoms with E-state index in [0.717, 1.165) is 18.2 Å². The molecular weight excluding hydrogens is 268 g/mol.